The number of rotatable bonds is 5. The van der Waals surface area contributed by atoms with Crippen molar-refractivity contribution < 1.29 is 32.3 Å². The van der Waals surface area contributed by atoms with Gasteiger partial charge in [-0.3, -0.25) is 24.1 Å². The lowest BCUT2D eigenvalue weighted by molar-refractivity contribution is -0.137. The van der Waals surface area contributed by atoms with Crippen molar-refractivity contribution in [3.63, 3.8) is 0 Å². The molecule has 0 aliphatic carbocycles. The quantitative estimate of drug-likeness (QED) is 0.735. The fourth-order valence-corrected chi connectivity index (χ4v) is 3.21. The molecule has 0 atom stereocenters. The van der Waals surface area contributed by atoms with E-state index in [-0.39, 0.29) is 23.2 Å². The van der Waals surface area contributed by atoms with E-state index < -0.39 is 47.6 Å². The van der Waals surface area contributed by atoms with Crippen LogP contribution >= 0.6 is 0 Å². The van der Waals surface area contributed by atoms with Crippen LogP contribution < -0.4 is 5.32 Å². The first-order valence-electron chi connectivity index (χ1n) is 9.26. The largest absolute Gasteiger partial charge is 0.418 e. The summed E-state index contributed by atoms with van der Waals surface area (Å²) in [5, 5.41) is 2.19. The van der Waals surface area contributed by atoms with Gasteiger partial charge in [-0.2, -0.15) is 13.2 Å². The minimum atomic E-state index is -4.65. The predicted octanol–water partition coefficient (Wildman–Crippen LogP) is 3.03. The SMILES string of the molecule is CCN(CC(=O)Nc1ccccc1C(F)(F)F)C(=O)c1ccc2c(c1)C(=O)N(C)C2=O. The summed E-state index contributed by atoms with van der Waals surface area (Å²) in [6, 6.07) is 8.54. The Labute approximate surface area is 175 Å². The summed E-state index contributed by atoms with van der Waals surface area (Å²) < 4.78 is 39.3. The Kier molecular flexibility index (Phi) is 5.83. The van der Waals surface area contributed by atoms with E-state index in [1.807, 2.05) is 0 Å². The molecule has 4 amide bonds. The van der Waals surface area contributed by atoms with Gasteiger partial charge in [-0.05, 0) is 37.3 Å². The van der Waals surface area contributed by atoms with Crippen LogP contribution in [0.2, 0.25) is 0 Å². The predicted molar refractivity (Wildman–Crippen MR) is 105 cm³/mol. The molecule has 1 N–H and O–H groups in total. The number of hydrogen-bond donors (Lipinski definition) is 1. The number of nitrogens with zero attached hydrogens (tertiary/aromatic N) is 2. The van der Waals surface area contributed by atoms with Gasteiger partial charge in [0.2, 0.25) is 5.91 Å². The number of carbonyl (C=O) groups excluding carboxylic acids is 4. The summed E-state index contributed by atoms with van der Waals surface area (Å²) in [5.74, 6) is -2.42. The first-order valence-corrected chi connectivity index (χ1v) is 9.26. The third kappa shape index (κ3) is 4.27. The van der Waals surface area contributed by atoms with Crippen LogP contribution in [0.1, 0.15) is 43.6 Å². The van der Waals surface area contributed by atoms with Gasteiger partial charge in [-0.25, -0.2) is 0 Å². The highest BCUT2D eigenvalue weighted by molar-refractivity contribution is 6.21. The van der Waals surface area contributed by atoms with Crippen LogP contribution in [-0.2, 0) is 11.0 Å². The second-order valence-corrected chi connectivity index (χ2v) is 6.84. The molecule has 3 rings (SSSR count). The molecule has 1 aliphatic rings. The second kappa shape index (κ2) is 8.21. The van der Waals surface area contributed by atoms with E-state index in [0.29, 0.717) is 0 Å². The van der Waals surface area contributed by atoms with Gasteiger partial charge in [0.1, 0.15) is 6.54 Å². The number of likely N-dealkylation sites (N-methyl/N-ethyl adjacent to an activating group) is 1. The van der Waals surface area contributed by atoms with Crippen LogP contribution in [-0.4, -0.2) is 53.6 Å². The Morgan fingerprint density at radius 2 is 1.68 bits per heavy atom. The van der Waals surface area contributed by atoms with E-state index in [2.05, 4.69) is 5.32 Å². The van der Waals surface area contributed by atoms with Gasteiger partial charge in [-0.15, -0.1) is 0 Å². The summed E-state index contributed by atoms with van der Waals surface area (Å²) in [7, 11) is 1.33. The topological polar surface area (TPSA) is 86.8 Å². The third-order valence-corrected chi connectivity index (χ3v) is 4.85. The van der Waals surface area contributed by atoms with Gasteiger partial charge in [0, 0.05) is 19.2 Å². The average Bonchev–Trinajstić information content (AvgIpc) is 2.94. The fraction of sp³-hybridized carbons (Fsp3) is 0.238. The maximum Gasteiger partial charge on any atom is 0.418 e. The molecule has 1 aliphatic heterocycles. The zero-order valence-corrected chi connectivity index (χ0v) is 16.6. The molecule has 0 radical (unpaired) electrons. The number of hydrogen-bond acceptors (Lipinski definition) is 4. The maximum absolute atomic E-state index is 13.1. The van der Waals surface area contributed by atoms with E-state index in [1.54, 1.807) is 6.92 Å². The maximum atomic E-state index is 13.1. The lowest BCUT2D eigenvalue weighted by atomic mass is 10.0. The van der Waals surface area contributed by atoms with E-state index in [0.717, 1.165) is 21.9 Å². The molecule has 0 spiro atoms. The number of carbonyl (C=O) groups is 4. The summed E-state index contributed by atoms with van der Waals surface area (Å²) in [5.41, 5.74) is -1.07. The van der Waals surface area contributed by atoms with Gasteiger partial charge < -0.3 is 10.2 Å². The van der Waals surface area contributed by atoms with Crippen molar-refractivity contribution in [1.82, 2.24) is 9.80 Å². The molecule has 0 saturated heterocycles. The fourth-order valence-electron chi connectivity index (χ4n) is 3.21. The molecular weight excluding hydrogens is 415 g/mol. The van der Waals surface area contributed by atoms with Crippen LogP contribution in [0.4, 0.5) is 18.9 Å². The van der Waals surface area contributed by atoms with Crippen molar-refractivity contribution in [3.8, 4) is 0 Å². The molecule has 7 nitrogen and oxygen atoms in total. The number of fused-ring (bicyclic) bond motifs is 1. The molecule has 0 fully saturated rings. The Bertz CT molecular complexity index is 1080. The zero-order valence-electron chi connectivity index (χ0n) is 16.6. The molecule has 0 saturated carbocycles. The monoisotopic (exact) mass is 433 g/mol. The first-order chi connectivity index (χ1) is 14.5. The minimum absolute atomic E-state index is 0.0814. The summed E-state index contributed by atoms with van der Waals surface area (Å²) in [6.07, 6.45) is -4.65. The Hall–Kier alpha value is -3.69. The average molecular weight is 433 g/mol. The highest BCUT2D eigenvalue weighted by atomic mass is 19.4. The van der Waals surface area contributed by atoms with Crippen molar-refractivity contribution in [2.24, 2.45) is 0 Å². The molecule has 2 aromatic rings. The molecular formula is C21H18F3N3O4. The first kappa shape index (κ1) is 22.0. The van der Waals surface area contributed by atoms with Crippen molar-refractivity contribution in [1.29, 1.82) is 0 Å². The van der Waals surface area contributed by atoms with Gasteiger partial charge in [0.25, 0.3) is 17.7 Å². The van der Waals surface area contributed by atoms with E-state index in [9.17, 15) is 32.3 Å². The summed E-state index contributed by atoms with van der Waals surface area (Å²) >= 11 is 0. The van der Waals surface area contributed by atoms with Gasteiger partial charge >= 0.3 is 6.18 Å². The second-order valence-electron chi connectivity index (χ2n) is 6.84. The van der Waals surface area contributed by atoms with E-state index in [4.69, 9.17) is 0 Å². The Morgan fingerprint density at radius 3 is 2.32 bits per heavy atom. The van der Waals surface area contributed by atoms with E-state index in [1.165, 1.54) is 37.4 Å². The van der Waals surface area contributed by atoms with Crippen molar-refractivity contribution >= 4 is 29.3 Å². The molecule has 0 unspecified atom stereocenters. The number of para-hydroxylation sites is 1. The van der Waals surface area contributed by atoms with Gasteiger partial charge in [0.05, 0.1) is 22.4 Å². The van der Waals surface area contributed by atoms with Crippen molar-refractivity contribution in [3.05, 3.63) is 64.7 Å². The molecule has 1 heterocycles. The third-order valence-electron chi connectivity index (χ3n) is 4.85. The van der Waals surface area contributed by atoms with E-state index >= 15 is 0 Å². The lowest BCUT2D eigenvalue weighted by Gasteiger charge is -2.21. The molecule has 0 bridgehead atoms. The summed E-state index contributed by atoms with van der Waals surface area (Å²) in [4.78, 5) is 51.3. The molecule has 31 heavy (non-hydrogen) atoms. The molecule has 10 heteroatoms. The highest BCUT2D eigenvalue weighted by Gasteiger charge is 2.35. The normalized spacial score (nSPS) is 13.3. The van der Waals surface area contributed by atoms with Crippen LogP contribution in [0, 0.1) is 0 Å². The molecule has 2 aromatic carbocycles. The van der Waals surface area contributed by atoms with Crippen LogP contribution in [0.15, 0.2) is 42.5 Å². The van der Waals surface area contributed by atoms with Crippen LogP contribution in [0.5, 0.6) is 0 Å². The Balaban J connectivity index is 1.77. The number of amides is 4. The van der Waals surface area contributed by atoms with Gasteiger partial charge in [-0.1, -0.05) is 12.1 Å². The van der Waals surface area contributed by atoms with Crippen LogP contribution in [0.3, 0.4) is 0 Å². The smallest absolute Gasteiger partial charge is 0.330 e. The van der Waals surface area contributed by atoms with Crippen LogP contribution in [0.25, 0.3) is 0 Å². The highest BCUT2D eigenvalue weighted by Crippen LogP contribution is 2.34. The number of anilines is 1. The molecule has 162 valence electrons. The zero-order chi connectivity index (χ0) is 22.9. The summed E-state index contributed by atoms with van der Waals surface area (Å²) in [6.45, 7) is 1.20. The number of benzene rings is 2. The number of imide groups is 1. The number of halogens is 3. The number of alkyl halides is 3. The number of nitrogens with one attached hydrogen (secondary N) is 1. The minimum Gasteiger partial charge on any atom is -0.330 e. The lowest BCUT2D eigenvalue weighted by Crippen LogP contribution is -2.38. The Morgan fingerprint density at radius 1 is 1.03 bits per heavy atom. The standard InChI is InChI=1S/C21H18F3N3O4/c1-3-27(11-17(28)25-16-7-5-4-6-15(16)21(22,23)24)18(29)12-8-9-13-14(10-12)20(31)26(2)19(13)30/h4-10H,3,11H2,1-2H3,(H,25,28). The van der Waals surface area contributed by atoms with Crippen molar-refractivity contribution in [2.45, 2.75) is 13.1 Å². The van der Waals surface area contributed by atoms with Gasteiger partial charge in [0.15, 0.2) is 0 Å². The molecule has 0 aromatic heterocycles. The van der Waals surface area contributed by atoms with Crippen molar-refractivity contribution in [2.75, 3.05) is 25.5 Å².